The van der Waals surface area contributed by atoms with E-state index < -0.39 is 28.8 Å². The molecule has 11 heteroatoms. The largest absolute Gasteiger partial charge is 0.511 e. The van der Waals surface area contributed by atoms with Gasteiger partial charge in [-0.15, -0.1) is 11.8 Å². The zero-order valence-corrected chi connectivity index (χ0v) is 36.2. The second kappa shape index (κ2) is 18.7. The van der Waals surface area contributed by atoms with Crippen LogP contribution in [0.5, 0.6) is 0 Å². The second-order valence-corrected chi connectivity index (χ2v) is 18.1. The minimum atomic E-state index is -1.30. The first-order valence-corrected chi connectivity index (χ1v) is 21.5. The lowest BCUT2D eigenvalue weighted by molar-refractivity contribution is -0.146. The van der Waals surface area contributed by atoms with Gasteiger partial charge in [-0.3, -0.25) is 4.21 Å². The molecule has 2 N–H and O–H groups in total. The number of carbonyl (C=O) groups is 2. The highest BCUT2D eigenvalue weighted by atomic mass is 32.2. The lowest BCUT2D eigenvalue weighted by Gasteiger charge is -2.29. The van der Waals surface area contributed by atoms with Crippen LogP contribution in [0, 0.1) is 67.2 Å². The number of pyridine rings is 2. The fourth-order valence-electron chi connectivity index (χ4n) is 7.46. The highest BCUT2D eigenvalue weighted by Gasteiger charge is 2.36. The number of ether oxygens (including phenoxy) is 2. The quantitative estimate of drug-likeness (QED) is 0.118. The number of thioether (sulfide) groups is 1. The summed E-state index contributed by atoms with van der Waals surface area (Å²) in [5.74, 6) is 0.175. The van der Waals surface area contributed by atoms with E-state index in [1.807, 2.05) is 118 Å². The smallest absolute Gasteiger partial charge is 0.342 e. The van der Waals surface area contributed by atoms with Crippen LogP contribution in [-0.4, -0.2) is 60.0 Å². The maximum absolute atomic E-state index is 12.8. The summed E-state index contributed by atoms with van der Waals surface area (Å²) in [6.07, 6.45) is 3.24. The first kappa shape index (κ1) is 43.4. The van der Waals surface area contributed by atoms with E-state index in [4.69, 9.17) is 9.47 Å². The Labute approximate surface area is 343 Å². The minimum absolute atomic E-state index is 0.0346. The predicted molar refractivity (Wildman–Crippen MR) is 228 cm³/mol. The number of carbonyl (C=O) groups excluding carboxylic acids is 2. The first-order valence-electron chi connectivity index (χ1n) is 19.2. The number of benzene rings is 2. The molecule has 0 amide bonds. The van der Waals surface area contributed by atoms with E-state index in [1.165, 1.54) is 0 Å². The Balaban J connectivity index is 0.000000218. The van der Waals surface area contributed by atoms with Crippen molar-refractivity contribution in [1.82, 2.24) is 9.97 Å². The molecule has 0 saturated heterocycles. The third-order valence-corrected chi connectivity index (χ3v) is 13.1. The van der Waals surface area contributed by atoms with Crippen LogP contribution in [0.1, 0.15) is 82.3 Å². The summed E-state index contributed by atoms with van der Waals surface area (Å²) in [6, 6.07) is 15.7. The molecule has 0 radical (unpaired) electrons. The summed E-state index contributed by atoms with van der Waals surface area (Å²) >= 11 is 1.64. The molecule has 0 fully saturated rings. The van der Waals surface area contributed by atoms with Gasteiger partial charge in [0.2, 0.25) is 0 Å². The Morgan fingerprint density at radius 2 is 1.11 bits per heavy atom. The van der Waals surface area contributed by atoms with E-state index in [0.29, 0.717) is 22.8 Å². The van der Waals surface area contributed by atoms with E-state index in [9.17, 15) is 24.0 Å². The molecular weight excluding hydrogens is 757 g/mol. The molecule has 5 atom stereocenters. The van der Waals surface area contributed by atoms with Crippen LogP contribution in [0.2, 0.25) is 0 Å². The molecule has 2 aliphatic heterocycles. The molecule has 4 aromatic rings. The molecule has 2 aromatic carbocycles. The number of cyclic esters (lactones) is 2. The zero-order valence-electron chi connectivity index (χ0n) is 34.6. The lowest BCUT2D eigenvalue weighted by Crippen LogP contribution is -2.34. The fraction of sp³-hybridized carbons (Fsp3) is 0.391. The molecule has 4 heterocycles. The van der Waals surface area contributed by atoms with Crippen LogP contribution >= 0.6 is 11.8 Å². The number of aliphatic hydroxyl groups is 2. The summed E-state index contributed by atoms with van der Waals surface area (Å²) < 4.78 is 24.0. The molecule has 0 aliphatic carbocycles. The molecule has 0 spiro atoms. The van der Waals surface area contributed by atoms with Gasteiger partial charge in [0.1, 0.15) is 39.9 Å². The molecule has 57 heavy (non-hydrogen) atoms. The van der Waals surface area contributed by atoms with Gasteiger partial charge in [-0.2, -0.15) is 0 Å². The monoisotopic (exact) mass is 810 g/mol. The van der Waals surface area contributed by atoms with Crippen LogP contribution in [-0.2, 0) is 29.9 Å². The summed E-state index contributed by atoms with van der Waals surface area (Å²) in [5.41, 5.74) is 10.3. The Morgan fingerprint density at radius 3 is 1.51 bits per heavy atom. The average Bonchev–Trinajstić information content (AvgIpc) is 3.13. The number of hydrogen-bond acceptors (Lipinski definition) is 10. The van der Waals surface area contributed by atoms with Crippen molar-refractivity contribution in [2.75, 3.05) is 11.5 Å². The van der Waals surface area contributed by atoms with Gasteiger partial charge in [0.05, 0.1) is 15.8 Å². The summed E-state index contributed by atoms with van der Waals surface area (Å²) in [7, 11) is -1.30. The van der Waals surface area contributed by atoms with Crippen molar-refractivity contribution in [2.45, 2.75) is 104 Å². The summed E-state index contributed by atoms with van der Waals surface area (Å²) in [6.45, 7) is 19.7. The van der Waals surface area contributed by atoms with Crippen LogP contribution in [0.25, 0.3) is 11.1 Å². The van der Waals surface area contributed by atoms with Gasteiger partial charge >= 0.3 is 11.9 Å². The van der Waals surface area contributed by atoms with Gasteiger partial charge < -0.3 is 19.7 Å². The highest BCUT2D eigenvalue weighted by Crippen LogP contribution is 2.37. The molecule has 302 valence electrons. The SMILES string of the molecule is Cc1ccc(S(=O)CC(C)C2CC(O)=C(c3c(C)cc(C)cc3C)C(=O)O2)nc1.Cc1ccc(SCC(C)C2CC(O)=C(c3c(C)cc(C)cc3C)C(=O)O2)nc1. The van der Waals surface area contributed by atoms with Crippen LogP contribution < -0.4 is 0 Å². The van der Waals surface area contributed by atoms with Crippen molar-refractivity contribution in [3.63, 3.8) is 0 Å². The molecule has 0 bridgehead atoms. The highest BCUT2D eigenvalue weighted by molar-refractivity contribution is 7.99. The van der Waals surface area contributed by atoms with Crippen LogP contribution in [0.15, 0.2) is 82.5 Å². The van der Waals surface area contributed by atoms with E-state index >= 15 is 0 Å². The van der Waals surface area contributed by atoms with Gasteiger partial charge in [0.25, 0.3) is 0 Å². The van der Waals surface area contributed by atoms with Gasteiger partial charge in [0, 0.05) is 48.6 Å². The molecule has 5 unspecified atom stereocenters. The van der Waals surface area contributed by atoms with Gasteiger partial charge in [0.15, 0.2) is 0 Å². The zero-order chi connectivity index (χ0) is 41.7. The maximum Gasteiger partial charge on any atom is 0.342 e. The number of aromatic nitrogens is 2. The van der Waals surface area contributed by atoms with Crippen LogP contribution in [0.4, 0.5) is 0 Å². The number of aliphatic hydroxyl groups excluding tert-OH is 2. The average molecular weight is 811 g/mol. The summed E-state index contributed by atoms with van der Waals surface area (Å²) in [4.78, 5) is 34.2. The van der Waals surface area contributed by atoms with Crippen LogP contribution in [0.3, 0.4) is 0 Å². The fourth-order valence-corrected chi connectivity index (χ4v) is 9.65. The normalized spacial score (nSPS) is 18.6. The topological polar surface area (TPSA) is 136 Å². The van der Waals surface area contributed by atoms with Crippen molar-refractivity contribution in [1.29, 1.82) is 0 Å². The number of aryl methyl sites for hydroxylation is 8. The Hall–Kier alpha value is -4.74. The third kappa shape index (κ3) is 10.6. The standard InChI is InChI=1S/C23H27NO4S.C23H27NO3S/c1-13-6-7-20(24-11-13)29(27)12-17(5)19-10-18(25)22(23(26)28-19)21-15(3)8-14(2)9-16(21)4;1-13-6-7-20(24-11-13)28-12-17(5)19-10-18(25)22(23(26)27-19)21-15(3)8-14(2)9-16(21)4/h6-9,11,17,19,25H,10,12H2,1-5H3;6-9,11,17,19,25H,10,12H2,1-5H3. The number of nitrogens with zero attached hydrogens (tertiary/aromatic N) is 2. The number of rotatable bonds is 10. The van der Waals surface area contributed by atoms with E-state index in [-0.39, 0.29) is 41.5 Å². The van der Waals surface area contributed by atoms with Crippen molar-refractivity contribution in [3.05, 3.63) is 128 Å². The van der Waals surface area contributed by atoms with E-state index in [2.05, 4.69) is 9.97 Å². The lowest BCUT2D eigenvalue weighted by atomic mass is 9.89. The molecule has 9 nitrogen and oxygen atoms in total. The molecule has 2 aliphatic rings. The number of esters is 2. The molecule has 2 aromatic heterocycles. The van der Waals surface area contributed by atoms with Gasteiger partial charge in [-0.1, -0.05) is 61.4 Å². The maximum atomic E-state index is 12.8. The predicted octanol–water partition coefficient (Wildman–Crippen LogP) is 9.67. The molecule has 6 rings (SSSR count). The van der Waals surface area contributed by atoms with Crippen molar-refractivity contribution < 1.29 is 33.5 Å². The van der Waals surface area contributed by atoms with Crippen molar-refractivity contribution >= 4 is 45.6 Å². The van der Waals surface area contributed by atoms with E-state index in [1.54, 1.807) is 24.0 Å². The number of hydrogen-bond donors (Lipinski definition) is 2. The van der Waals surface area contributed by atoms with Gasteiger partial charge in [-0.05, 0) is 112 Å². The summed E-state index contributed by atoms with van der Waals surface area (Å²) in [5, 5.41) is 22.9. The molecule has 0 saturated carbocycles. The Kier molecular flexibility index (Phi) is 14.2. The van der Waals surface area contributed by atoms with Crippen molar-refractivity contribution in [3.8, 4) is 0 Å². The van der Waals surface area contributed by atoms with Crippen molar-refractivity contribution in [2.24, 2.45) is 11.8 Å². The first-order chi connectivity index (χ1) is 26.9. The third-order valence-electron chi connectivity index (χ3n) is 10.3. The van der Waals surface area contributed by atoms with E-state index in [0.717, 1.165) is 66.4 Å². The Morgan fingerprint density at radius 1 is 0.667 bits per heavy atom. The second-order valence-electron chi connectivity index (χ2n) is 15.6. The molecular formula is C46H54N2O7S2. The Bertz CT molecular complexity index is 2180. The minimum Gasteiger partial charge on any atom is -0.511 e. The van der Waals surface area contributed by atoms with Gasteiger partial charge in [-0.25, -0.2) is 19.6 Å².